The van der Waals surface area contributed by atoms with Crippen molar-refractivity contribution in [2.45, 2.75) is 19.4 Å². The topological polar surface area (TPSA) is 65.5 Å². The maximum Gasteiger partial charge on any atom is 0.258 e. The third kappa shape index (κ3) is 3.48. The van der Waals surface area contributed by atoms with Crippen LogP contribution in [-0.2, 0) is 4.79 Å². The molecule has 0 saturated carbocycles. The molecule has 1 atom stereocenters. The number of amides is 1. The predicted octanol–water partition coefficient (Wildman–Crippen LogP) is 5.61. The van der Waals surface area contributed by atoms with E-state index in [1.165, 1.54) is 11.9 Å². The maximum atomic E-state index is 13.3. The second-order valence-electron chi connectivity index (χ2n) is 7.40. The van der Waals surface area contributed by atoms with Crippen LogP contribution in [0.3, 0.4) is 0 Å². The minimum Gasteiger partial charge on any atom is -0.321 e. The monoisotopic (exact) mass is 447 g/mol. The number of hydrogen-bond acceptors (Lipinski definition) is 4. The number of thiophene rings is 1. The largest absolute Gasteiger partial charge is 0.321 e. The third-order valence-corrected chi connectivity index (χ3v) is 6.67. The third-order valence-electron chi connectivity index (χ3n) is 5.45. The quantitative estimate of drug-likeness (QED) is 0.443. The highest BCUT2D eigenvalue weighted by Gasteiger charge is 2.34. The molecule has 0 spiro atoms. The van der Waals surface area contributed by atoms with Gasteiger partial charge in [0.15, 0.2) is 0 Å². The number of benzene rings is 2. The maximum absolute atomic E-state index is 13.3. The van der Waals surface area contributed by atoms with E-state index >= 15 is 0 Å². The van der Waals surface area contributed by atoms with E-state index in [9.17, 15) is 9.59 Å². The lowest BCUT2D eigenvalue weighted by Gasteiger charge is -2.18. The minimum absolute atomic E-state index is 0.154. The lowest BCUT2D eigenvalue weighted by Crippen LogP contribution is -2.23. The molecule has 1 aliphatic heterocycles. The summed E-state index contributed by atoms with van der Waals surface area (Å²) >= 11 is 7.69. The van der Waals surface area contributed by atoms with Gasteiger partial charge in [0, 0.05) is 39.7 Å². The van der Waals surface area contributed by atoms with E-state index in [0.717, 1.165) is 26.9 Å². The van der Waals surface area contributed by atoms with Crippen molar-refractivity contribution in [2.24, 2.45) is 5.10 Å². The zero-order valence-corrected chi connectivity index (χ0v) is 18.2. The van der Waals surface area contributed by atoms with Gasteiger partial charge in [0.1, 0.15) is 0 Å². The van der Waals surface area contributed by atoms with Crippen molar-refractivity contribution in [3.8, 4) is 11.1 Å². The number of hydrogen-bond donors (Lipinski definition) is 1. The number of H-pyrrole nitrogens is 1. The molecule has 0 bridgehead atoms. The molecule has 5 rings (SSSR count). The standard InChI is InChI=1S/C24H18ClN3O2S/c1-14(29)28-20(21-7-4-12-31-21)13-19(27-28)23-22(15-8-10-16(25)11-9-15)17-5-2-3-6-18(17)26-24(23)30/h2-12,20H,13H2,1H3,(H,26,30)/t20-/m1/s1. The normalized spacial score (nSPS) is 16.0. The van der Waals surface area contributed by atoms with Crippen LogP contribution >= 0.6 is 22.9 Å². The van der Waals surface area contributed by atoms with Gasteiger partial charge < -0.3 is 4.98 Å². The van der Waals surface area contributed by atoms with Crippen LogP contribution in [0.5, 0.6) is 0 Å². The summed E-state index contributed by atoms with van der Waals surface area (Å²) in [4.78, 5) is 29.7. The number of rotatable bonds is 3. The number of fused-ring (bicyclic) bond motifs is 1. The summed E-state index contributed by atoms with van der Waals surface area (Å²) in [6, 6.07) is 18.9. The lowest BCUT2D eigenvalue weighted by atomic mass is 9.92. The van der Waals surface area contributed by atoms with Gasteiger partial charge in [-0.05, 0) is 35.2 Å². The van der Waals surface area contributed by atoms with Gasteiger partial charge in [-0.15, -0.1) is 11.3 Å². The number of halogens is 1. The highest BCUT2D eigenvalue weighted by molar-refractivity contribution is 7.10. The Morgan fingerprint density at radius 2 is 1.87 bits per heavy atom. The molecule has 4 aromatic rings. The summed E-state index contributed by atoms with van der Waals surface area (Å²) in [6.07, 6.45) is 0.474. The molecule has 2 aromatic carbocycles. The summed E-state index contributed by atoms with van der Waals surface area (Å²) in [5.41, 5.74) is 3.29. The molecule has 0 aliphatic carbocycles. The van der Waals surface area contributed by atoms with Crippen molar-refractivity contribution >= 4 is 45.5 Å². The molecule has 5 nitrogen and oxygen atoms in total. The van der Waals surface area contributed by atoms with E-state index in [4.69, 9.17) is 11.6 Å². The van der Waals surface area contributed by atoms with Crippen molar-refractivity contribution < 1.29 is 4.79 Å². The summed E-state index contributed by atoms with van der Waals surface area (Å²) in [7, 11) is 0. The Morgan fingerprint density at radius 1 is 1.10 bits per heavy atom. The molecule has 0 saturated heterocycles. The van der Waals surface area contributed by atoms with E-state index in [1.807, 2.05) is 66.0 Å². The molecule has 7 heteroatoms. The van der Waals surface area contributed by atoms with Gasteiger partial charge in [-0.25, -0.2) is 5.01 Å². The summed E-state index contributed by atoms with van der Waals surface area (Å²) < 4.78 is 0. The number of nitrogens with zero attached hydrogens (tertiary/aromatic N) is 2. The number of hydrazone groups is 1. The number of aromatic nitrogens is 1. The van der Waals surface area contributed by atoms with E-state index in [1.54, 1.807) is 11.3 Å². The Bertz CT molecular complexity index is 1370. The summed E-state index contributed by atoms with van der Waals surface area (Å²) in [5, 5.41) is 9.63. The number of para-hydroxylation sites is 1. The van der Waals surface area contributed by atoms with E-state index in [0.29, 0.717) is 22.7 Å². The predicted molar refractivity (Wildman–Crippen MR) is 126 cm³/mol. The van der Waals surface area contributed by atoms with E-state index in [-0.39, 0.29) is 17.5 Å². The molecule has 3 heterocycles. The van der Waals surface area contributed by atoms with Crippen LogP contribution in [-0.4, -0.2) is 21.6 Å². The number of aromatic amines is 1. The fourth-order valence-electron chi connectivity index (χ4n) is 4.09. The van der Waals surface area contributed by atoms with Crippen molar-refractivity contribution in [3.05, 3.63) is 91.9 Å². The second-order valence-corrected chi connectivity index (χ2v) is 8.82. The zero-order valence-electron chi connectivity index (χ0n) is 16.6. The number of carbonyl (C=O) groups excluding carboxylic acids is 1. The zero-order chi connectivity index (χ0) is 21.5. The van der Waals surface area contributed by atoms with Gasteiger partial charge >= 0.3 is 0 Å². The van der Waals surface area contributed by atoms with Crippen LogP contribution in [0.2, 0.25) is 5.02 Å². The first kappa shape index (κ1) is 19.7. The Balaban J connectivity index is 1.75. The van der Waals surface area contributed by atoms with Crippen molar-refractivity contribution in [3.63, 3.8) is 0 Å². The first-order valence-electron chi connectivity index (χ1n) is 9.85. The van der Waals surface area contributed by atoms with Crippen molar-refractivity contribution in [1.82, 2.24) is 9.99 Å². The Hall–Kier alpha value is -3.22. The fraction of sp³-hybridized carbons (Fsp3) is 0.125. The van der Waals surface area contributed by atoms with Crippen LogP contribution in [0.25, 0.3) is 22.0 Å². The highest BCUT2D eigenvalue weighted by Crippen LogP contribution is 2.38. The molecular weight excluding hydrogens is 430 g/mol. The van der Waals surface area contributed by atoms with Crippen LogP contribution in [0.15, 0.2) is 75.9 Å². The molecular formula is C24H18ClN3O2S. The molecule has 1 N–H and O–H groups in total. The van der Waals surface area contributed by atoms with Gasteiger partial charge in [-0.2, -0.15) is 5.10 Å². The van der Waals surface area contributed by atoms with Crippen molar-refractivity contribution in [2.75, 3.05) is 0 Å². The van der Waals surface area contributed by atoms with Gasteiger partial charge in [-0.1, -0.05) is 48.0 Å². The molecule has 1 amide bonds. The van der Waals surface area contributed by atoms with Gasteiger partial charge in [0.25, 0.3) is 5.56 Å². The van der Waals surface area contributed by atoms with Crippen molar-refractivity contribution in [1.29, 1.82) is 0 Å². The first-order valence-corrected chi connectivity index (χ1v) is 11.1. The molecule has 1 aliphatic rings. The summed E-state index contributed by atoms with van der Waals surface area (Å²) in [5.74, 6) is -0.154. The van der Waals surface area contributed by atoms with Gasteiger partial charge in [0.2, 0.25) is 5.91 Å². The van der Waals surface area contributed by atoms with Gasteiger partial charge in [-0.3, -0.25) is 9.59 Å². The molecule has 154 valence electrons. The molecule has 0 unspecified atom stereocenters. The Kier molecular flexibility index (Phi) is 4.96. The highest BCUT2D eigenvalue weighted by atomic mass is 35.5. The Morgan fingerprint density at radius 3 is 2.58 bits per heavy atom. The smallest absolute Gasteiger partial charge is 0.258 e. The van der Waals surface area contributed by atoms with Crippen LogP contribution < -0.4 is 5.56 Å². The van der Waals surface area contributed by atoms with Crippen LogP contribution in [0.4, 0.5) is 0 Å². The lowest BCUT2D eigenvalue weighted by molar-refractivity contribution is -0.130. The first-order chi connectivity index (χ1) is 15.0. The van der Waals surface area contributed by atoms with Crippen LogP contribution in [0.1, 0.15) is 29.8 Å². The van der Waals surface area contributed by atoms with Gasteiger partial charge in [0.05, 0.1) is 17.3 Å². The molecule has 0 radical (unpaired) electrons. The van der Waals surface area contributed by atoms with E-state index in [2.05, 4.69) is 10.1 Å². The minimum atomic E-state index is -0.224. The number of nitrogens with one attached hydrogen (secondary N) is 1. The Labute approximate surface area is 187 Å². The average molecular weight is 448 g/mol. The SMILES string of the molecule is CC(=O)N1N=C(c2c(-c3ccc(Cl)cc3)c3ccccc3[nH]c2=O)C[C@@H]1c1cccs1. The fourth-order valence-corrected chi connectivity index (χ4v) is 5.03. The molecule has 2 aromatic heterocycles. The number of carbonyl (C=O) groups is 1. The second kappa shape index (κ2) is 7.80. The number of pyridine rings is 1. The van der Waals surface area contributed by atoms with E-state index < -0.39 is 0 Å². The van der Waals surface area contributed by atoms with Crippen LogP contribution in [0, 0.1) is 0 Å². The molecule has 31 heavy (non-hydrogen) atoms. The average Bonchev–Trinajstić information content (AvgIpc) is 3.43. The summed E-state index contributed by atoms with van der Waals surface area (Å²) in [6.45, 7) is 1.50. The molecule has 0 fully saturated rings.